The van der Waals surface area contributed by atoms with Crippen LogP contribution in [0.3, 0.4) is 0 Å². The summed E-state index contributed by atoms with van der Waals surface area (Å²) in [5.41, 5.74) is 4.61. The van der Waals surface area contributed by atoms with Gasteiger partial charge in [-0.15, -0.1) is 0 Å². The van der Waals surface area contributed by atoms with Gasteiger partial charge in [0.1, 0.15) is 30.2 Å². The Hall–Kier alpha value is -1.36. The van der Waals surface area contributed by atoms with E-state index in [2.05, 4.69) is 23.1 Å². The van der Waals surface area contributed by atoms with E-state index in [4.69, 9.17) is 24.3 Å². The van der Waals surface area contributed by atoms with Crippen LogP contribution in [0, 0.1) is 0 Å². The second kappa shape index (κ2) is 29.8. The van der Waals surface area contributed by atoms with Crippen molar-refractivity contribution in [2.45, 2.75) is 186 Å². The highest BCUT2D eigenvalue weighted by atomic mass is 32.2. The number of nitrogens with two attached hydrogens (primary N) is 1. The van der Waals surface area contributed by atoms with E-state index in [1.165, 1.54) is 114 Å². The van der Waals surface area contributed by atoms with Gasteiger partial charge in [0.05, 0.1) is 13.2 Å². The minimum atomic E-state index is -5.31. The highest BCUT2D eigenvalue weighted by Crippen LogP contribution is 2.60. The average molecular weight is 872 g/mol. The molecule has 7 unspecified atom stereocenters. The van der Waals surface area contributed by atoms with Crippen LogP contribution in [0.4, 0.5) is 5.82 Å². The number of ether oxygens (including phenoxy) is 2. The minimum absolute atomic E-state index is 0.0784. The molecule has 0 amide bonds. The first-order valence-electron chi connectivity index (χ1n) is 21.1. The Labute approximate surface area is 343 Å². The van der Waals surface area contributed by atoms with E-state index in [-0.39, 0.29) is 18.0 Å². The van der Waals surface area contributed by atoms with Gasteiger partial charge in [-0.3, -0.25) is 18.4 Å². The molecule has 7 atom stereocenters. The van der Waals surface area contributed by atoms with Crippen LogP contribution < -0.4 is 11.4 Å². The molecule has 6 N–H and O–H groups in total. The van der Waals surface area contributed by atoms with Crippen LogP contribution in [0.1, 0.15) is 161 Å². The number of phosphoric ester groups is 2. The van der Waals surface area contributed by atoms with E-state index in [0.29, 0.717) is 6.42 Å². The lowest BCUT2D eigenvalue weighted by atomic mass is 10.1. The summed E-state index contributed by atoms with van der Waals surface area (Å²) >= 11 is 1.53. The Morgan fingerprint density at radius 2 is 1.33 bits per heavy atom. The van der Waals surface area contributed by atoms with Gasteiger partial charge in [-0.1, -0.05) is 136 Å². The third kappa shape index (κ3) is 23.3. The van der Waals surface area contributed by atoms with Gasteiger partial charge in [0.15, 0.2) is 6.23 Å². The number of phosphoric acid groups is 2. The summed E-state index contributed by atoms with van der Waals surface area (Å²) in [6, 6.07) is 1.27. The number of unbranched alkanes of at least 4 members (excludes halogenated alkanes) is 19. The van der Waals surface area contributed by atoms with Crippen molar-refractivity contribution in [1.82, 2.24) is 9.55 Å². The standard InChI is InChI=1S/C38H71N3O13P2S/c1-3-5-7-9-11-13-14-15-17-19-21-23-27-57-30-31(52-34(42)24-22-20-18-16-12-10-8-6-4-2)28-50-55(46,47)54-56(48,49)51-29-32-35(43)36(44)37(53-32)41-26-25-33(39)40-38(41)45/h25-26,31-32,35-37,43-44H,3-24,27-30H2,1-2H3,(H,46,47)(H,48,49)(H2,39,40,45). The molecule has 57 heavy (non-hydrogen) atoms. The summed E-state index contributed by atoms with van der Waals surface area (Å²) in [5.74, 6) is 0.535. The second-order valence-corrected chi connectivity index (χ2v) is 19.0. The smallest absolute Gasteiger partial charge is 0.459 e. The highest BCUT2D eigenvalue weighted by Gasteiger charge is 2.46. The first kappa shape index (κ1) is 51.8. The van der Waals surface area contributed by atoms with Gasteiger partial charge in [-0.2, -0.15) is 21.1 Å². The lowest BCUT2D eigenvalue weighted by Crippen LogP contribution is -2.36. The maximum atomic E-state index is 12.8. The van der Waals surface area contributed by atoms with E-state index < -0.39 is 71.2 Å². The monoisotopic (exact) mass is 871 g/mol. The van der Waals surface area contributed by atoms with Crippen molar-refractivity contribution in [3.63, 3.8) is 0 Å². The molecule has 19 heteroatoms. The number of carbonyl (C=O) groups excluding carboxylic acids is 1. The maximum absolute atomic E-state index is 12.8. The molecule has 1 aromatic rings. The molecule has 16 nitrogen and oxygen atoms in total. The highest BCUT2D eigenvalue weighted by molar-refractivity contribution is 7.99. The minimum Gasteiger partial charge on any atom is -0.459 e. The normalized spacial score (nSPS) is 20.9. The molecule has 0 spiro atoms. The van der Waals surface area contributed by atoms with E-state index in [9.17, 15) is 38.7 Å². The fraction of sp³-hybridized carbons (Fsp3) is 0.868. The fourth-order valence-electron chi connectivity index (χ4n) is 6.44. The largest absolute Gasteiger partial charge is 0.481 e. The summed E-state index contributed by atoms with van der Waals surface area (Å²) in [7, 11) is -10.6. The summed E-state index contributed by atoms with van der Waals surface area (Å²) in [6.45, 7) is 2.96. The third-order valence-corrected chi connectivity index (χ3v) is 13.5. The zero-order valence-corrected chi connectivity index (χ0v) is 36.8. The lowest BCUT2D eigenvalue weighted by molar-refractivity contribution is -0.149. The van der Waals surface area contributed by atoms with E-state index in [1.807, 2.05) is 0 Å². The predicted octanol–water partition coefficient (Wildman–Crippen LogP) is 7.96. The van der Waals surface area contributed by atoms with Crippen molar-refractivity contribution >= 4 is 39.2 Å². The molecule has 0 radical (unpaired) electrons. The Morgan fingerprint density at radius 1 is 0.825 bits per heavy atom. The number of anilines is 1. The zero-order chi connectivity index (χ0) is 41.9. The predicted molar refractivity (Wildman–Crippen MR) is 222 cm³/mol. The Bertz CT molecular complexity index is 1390. The average Bonchev–Trinajstić information content (AvgIpc) is 3.43. The van der Waals surface area contributed by atoms with Gasteiger partial charge in [-0.05, 0) is 24.7 Å². The van der Waals surface area contributed by atoms with E-state index in [0.717, 1.165) is 48.8 Å². The van der Waals surface area contributed by atoms with Gasteiger partial charge < -0.3 is 35.2 Å². The number of hydrogen-bond acceptors (Lipinski definition) is 14. The zero-order valence-electron chi connectivity index (χ0n) is 34.2. The molecule has 1 aliphatic heterocycles. The van der Waals surface area contributed by atoms with Crippen molar-refractivity contribution in [1.29, 1.82) is 0 Å². The Kier molecular flexibility index (Phi) is 27.1. The van der Waals surface area contributed by atoms with Crippen LogP contribution in [0.5, 0.6) is 0 Å². The number of aliphatic hydroxyl groups is 2. The molecular weight excluding hydrogens is 800 g/mol. The molecule has 0 aromatic carbocycles. The number of thioether (sulfide) groups is 1. The lowest BCUT2D eigenvalue weighted by Gasteiger charge is -2.21. The first-order chi connectivity index (χ1) is 27.3. The number of aliphatic hydroxyl groups excluding tert-OH is 2. The quantitative estimate of drug-likeness (QED) is 0.0247. The molecule has 332 valence electrons. The molecule has 1 aliphatic rings. The van der Waals surface area contributed by atoms with E-state index in [1.54, 1.807) is 0 Å². The molecule has 0 saturated carbocycles. The van der Waals surface area contributed by atoms with Crippen molar-refractivity contribution in [2.24, 2.45) is 0 Å². The fourth-order valence-corrected chi connectivity index (χ4v) is 9.55. The SMILES string of the molecule is CCCCCCCCCCCCCCSCC(COP(=O)(O)OP(=O)(O)OCC1OC(n2ccc(N)nc2=O)C(O)C1O)OC(=O)CCCCCCCCCCC. The Morgan fingerprint density at radius 3 is 1.88 bits per heavy atom. The van der Waals surface area contributed by atoms with Crippen molar-refractivity contribution in [2.75, 3.05) is 30.5 Å². The van der Waals surface area contributed by atoms with Gasteiger partial charge in [0.25, 0.3) is 0 Å². The van der Waals surface area contributed by atoms with Crippen LogP contribution >= 0.6 is 27.4 Å². The topological polar surface area (TPSA) is 239 Å². The van der Waals surface area contributed by atoms with Crippen molar-refractivity contribution < 1.29 is 56.8 Å². The van der Waals surface area contributed by atoms with E-state index >= 15 is 0 Å². The number of nitrogen functional groups attached to an aromatic ring is 1. The van der Waals surface area contributed by atoms with Crippen LogP contribution in [0.15, 0.2) is 17.1 Å². The van der Waals surface area contributed by atoms with Crippen LogP contribution in [0.25, 0.3) is 0 Å². The van der Waals surface area contributed by atoms with Gasteiger partial charge >= 0.3 is 27.3 Å². The number of aromatic nitrogens is 2. The van der Waals surface area contributed by atoms with Crippen LogP contribution in [-0.4, -0.2) is 84.7 Å². The summed E-state index contributed by atoms with van der Waals surface area (Å²) < 4.78 is 51.6. The van der Waals surface area contributed by atoms with Crippen molar-refractivity contribution in [3.8, 4) is 0 Å². The molecule has 1 aromatic heterocycles. The Balaban J connectivity index is 1.81. The number of rotatable bonds is 35. The molecule has 0 aliphatic carbocycles. The molecule has 2 rings (SSSR count). The second-order valence-electron chi connectivity index (χ2n) is 14.9. The van der Waals surface area contributed by atoms with Crippen LogP contribution in [-0.2, 0) is 36.8 Å². The molecule has 1 saturated heterocycles. The number of hydrogen-bond donors (Lipinski definition) is 5. The van der Waals surface area contributed by atoms with Crippen molar-refractivity contribution in [3.05, 3.63) is 22.7 Å². The molecule has 0 bridgehead atoms. The summed E-state index contributed by atoms with van der Waals surface area (Å²) in [5, 5.41) is 20.8. The van der Waals surface area contributed by atoms with Crippen LogP contribution in [0.2, 0.25) is 0 Å². The molecule has 1 fully saturated rings. The maximum Gasteiger partial charge on any atom is 0.481 e. The van der Waals surface area contributed by atoms with Gasteiger partial charge in [0.2, 0.25) is 0 Å². The summed E-state index contributed by atoms with van der Waals surface area (Å²) in [4.78, 5) is 49.0. The number of nitrogens with zero attached hydrogens (tertiary/aromatic N) is 2. The first-order valence-corrected chi connectivity index (χ1v) is 25.2. The molecular formula is C38H71N3O13P2S. The third-order valence-electron chi connectivity index (χ3n) is 9.72. The van der Waals surface area contributed by atoms with Gasteiger partial charge in [0, 0.05) is 18.4 Å². The summed E-state index contributed by atoms with van der Waals surface area (Å²) in [6.07, 6.45) is 18.8. The molecule has 2 heterocycles. The number of carbonyl (C=O) groups is 1. The number of esters is 1. The van der Waals surface area contributed by atoms with Gasteiger partial charge in [-0.25, -0.2) is 13.9 Å².